The molecule has 6 nitrogen and oxygen atoms in total. The average Bonchev–Trinajstić information content (AvgIpc) is 3.19. The van der Waals surface area contributed by atoms with Gasteiger partial charge in [0, 0.05) is 25.1 Å². The smallest absolute Gasteiger partial charge is 0.292 e. The Morgan fingerprint density at radius 3 is 2.72 bits per heavy atom. The van der Waals surface area contributed by atoms with E-state index in [-0.39, 0.29) is 17.5 Å². The topological polar surface area (TPSA) is 84.3 Å². The Morgan fingerprint density at radius 2 is 2.06 bits per heavy atom. The van der Waals surface area contributed by atoms with Crippen LogP contribution in [0.3, 0.4) is 0 Å². The van der Waals surface area contributed by atoms with Crippen molar-refractivity contribution in [3.05, 3.63) is 34.4 Å². The van der Waals surface area contributed by atoms with E-state index in [0.717, 1.165) is 12.8 Å². The van der Waals surface area contributed by atoms with Gasteiger partial charge in [-0.2, -0.15) is 0 Å². The molecular weight excluding hydrogens is 234 g/mol. The number of amides is 1. The first-order chi connectivity index (χ1) is 8.68. The van der Waals surface area contributed by atoms with Crippen LogP contribution in [0.15, 0.2) is 24.3 Å². The monoisotopic (exact) mass is 249 g/mol. The molecule has 0 radical (unpaired) electrons. The molecule has 0 saturated heterocycles. The molecule has 1 saturated carbocycles. The normalized spacial score (nSPS) is 14.0. The predicted molar refractivity (Wildman–Crippen MR) is 67.3 cm³/mol. The second kappa shape index (κ2) is 5.48. The lowest BCUT2D eigenvalue weighted by molar-refractivity contribution is -0.384. The molecule has 0 aliphatic heterocycles. The first-order valence-electron chi connectivity index (χ1n) is 5.93. The van der Waals surface area contributed by atoms with E-state index in [0.29, 0.717) is 18.8 Å². The van der Waals surface area contributed by atoms with Crippen molar-refractivity contribution in [3.63, 3.8) is 0 Å². The van der Waals surface area contributed by atoms with Crippen LogP contribution in [-0.2, 0) is 4.79 Å². The lowest BCUT2D eigenvalue weighted by atomic mass is 10.2. The molecule has 0 bridgehead atoms. The number of carbonyl (C=O) groups is 1. The molecular formula is C12H15N3O3. The van der Waals surface area contributed by atoms with Gasteiger partial charge in [-0.3, -0.25) is 14.9 Å². The van der Waals surface area contributed by atoms with E-state index in [2.05, 4.69) is 10.6 Å². The summed E-state index contributed by atoms with van der Waals surface area (Å²) in [5, 5.41) is 16.5. The highest BCUT2D eigenvalue weighted by atomic mass is 16.6. The van der Waals surface area contributed by atoms with Gasteiger partial charge in [0.25, 0.3) is 5.69 Å². The van der Waals surface area contributed by atoms with Gasteiger partial charge in [0.15, 0.2) is 0 Å². The van der Waals surface area contributed by atoms with Gasteiger partial charge < -0.3 is 10.6 Å². The van der Waals surface area contributed by atoms with Gasteiger partial charge in [0.1, 0.15) is 5.69 Å². The van der Waals surface area contributed by atoms with Crippen molar-refractivity contribution < 1.29 is 9.72 Å². The summed E-state index contributed by atoms with van der Waals surface area (Å²) in [5.74, 6) is 0.274. The Labute approximate surface area is 105 Å². The van der Waals surface area contributed by atoms with E-state index < -0.39 is 4.92 Å². The van der Waals surface area contributed by atoms with Crippen LogP contribution < -0.4 is 10.6 Å². The minimum Gasteiger partial charge on any atom is -0.378 e. The molecule has 6 heteroatoms. The summed E-state index contributed by atoms with van der Waals surface area (Å²) in [6.45, 7) is 0.949. The highest BCUT2D eigenvalue weighted by Crippen LogP contribution is 2.28. The van der Waals surface area contributed by atoms with Gasteiger partial charge >= 0.3 is 0 Å². The van der Waals surface area contributed by atoms with Crippen LogP contribution >= 0.6 is 0 Å². The number of rotatable bonds is 6. The number of hydrogen-bond donors (Lipinski definition) is 2. The van der Waals surface area contributed by atoms with E-state index >= 15 is 0 Å². The number of carbonyl (C=O) groups excluding carboxylic acids is 1. The zero-order chi connectivity index (χ0) is 13.0. The molecule has 1 aromatic rings. The summed E-state index contributed by atoms with van der Waals surface area (Å²) >= 11 is 0. The van der Waals surface area contributed by atoms with Crippen LogP contribution in [0.1, 0.15) is 12.8 Å². The van der Waals surface area contributed by atoms with Gasteiger partial charge in [0.05, 0.1) is 4.92 Å². The maximum Gasteiger partial charge on any atom is 0.292 e. The summed E-state index contributed by atoms with van der Waals surface area (Å²) in [4.78, 5) is 21.7. The Balaban J connectivity index is 1.79. The Hall–Kier alpha value is -2.11. The summed E-state index contributed by atoms with van der Waals surface area (Å²) < 4.78 is 0. The number of para-hydroxylation sites is 2. The van der Waals surface area contributed by atoms with Crippen molar-refractivity contribution in [3.8, 4) is 0 Å². The second-order valence-corrected chi connectivity index (χ2v) is 4.27. The number of nitrogens with zero attached hydrogens (tertiary/aromatic N) is 1. The standard InChI is InChI=1S/C12H15N3O3/c16-12(9-5-6-9)14-8-7-13-10-3-1-2-4-11(10)15(17)18/h1-4,9,13H,5-8H2,(H,14,16). The van der Waals surface area contributed by atoms with Crippen molar-refractivity contribution in [2.75, 3.05) is 18.4 Å². The lowest BCUT2D eigenvalue weighted by Crippen LogP contribution is -2.29. The molecule has 0 aromatic heterocycles. The number of nitro groups is 1. The second-order valence-electron chi connectivity index (χ2n) is 4.27. The minimum absolute atomic E-state index is 0.0472. The van der Waals surface area contributed by atoms with Gasteiger partial charge in [-0.05, 0) is 18.9 Å². The van der Waals surface area contributed by atoms with Crippen molar-refractivity contribution in [1.82, 2.24) is 5.32 Å². The Morgan fingerprint density at radius 1 is 1.33 bits per heavy atom. The molecule has 0 atom stereocenters. The van der Waals surface area contributed by atoms with Crippen LogP contribution in [0.5, 0.6) is 0 Å². The quantitative estimate of drug-likeness (QED) is 0.455. The van der Waals surface area contributed by atoms with Crippen molar-refractivity contribution in [2.24, 2.45) is 5.92 Å². The maximum absolute atomic E-state index is 11.3. The fourth-order valence-corrected chi connectivity index (χ4v) is 1.66. The van der Waals surface area contributed by atoms with E-state index in [1.807, 2.05) is 0 Å². The minimum atomic E-state index is -0.425. The fraction of sp³-hybridized carbons (Fsp3) is 0.417. The van der Waals surface area contributed by atoms with Gasteiger partial charge in [-0.15, -0.1) is 0 Å². The average molecular weight is 249 g/mol. The van der Waals surface area contributed by atoms with Crippen LogP contribution in [-0.4, -0.2) is 23.9 Å². The van der Waals surface area contributed by atoms with E-state index in [9.17, 15) is 14.9 Å². The SMILES string of the molecule is O=C(NCCNc1ccccc1[N+](=O)[O-])C1CC1. The molecule has 0 heterocycles. The third kappa shape index (κ3) is 3.19. The largest absolute Gasteiger partial charge is 0.378 e. The molecule has 0 spiro atoms. The molecule has 1 aliphatic carbocycles. The molecule has 1 amide bonds. The summed E-state index contributed by atoms with van der Waals surface area (Å²) in [5.41, 5.74) is 0.522. The molecule has 2 N–H and O–H groups in total. The third-order valence-corrected chi connectivity index (χ3v) is 2.79. The highest BCUT2D eigenvalue weighted by molar-refractivity contribution is 5.80. The molecule has 1 aromatic carbocycles. The molecule has 2 rings (SSSR count). The van der Waals surface area contributed by atoms with E-state index in [4.69, 9.17) is 0 Å². The number of benzene rings is 1. The molecule has 0 unspecified atom stereocenters. The zero-order valence-electron chi connectivity index (χ0n) is 9.89. The first-order valence-corrected chi connectivity index (χ1v) is 5.93. The maximum atomic E-state index is 11.3. The molecule has 1 fully saturated rings. The van der Waals surface area contributed by atoms with Crippen LogP contribution in [0, 0.1) is 16.0 Å². The Kier molecular flexibility index (Phi) is 3.76. The summed E-state index contributed by atoms with van der Waals surface area (Å²) in [7, 11) is 0. The first kappa shape index (κ1) is 12.3. The van der Waals surface area contributed by atoms with Crippen LogP contribution in [0.4, 0.5) is 11.4 Å². The lowest BCUT2D eigenvalue weighted by Gasteiger charge is -2.07. The summed E-state index contributed by atoms with van der Waals surface area (Å²) in [6, 6.07) is 6.46. The number of hydrogen-bond acceptors (Lipinski definition) is 4. The van der Waals surface area contributed by atoms with Crippen LogP contribution in [0.25, 0.3) is 0 Å². The van der Waals surface area contributed by atoms with Gasteiger partial charge in [0.2, 0.25) is 5.91 Å². The molecule has 18 heavy (non-hydrogen) atoms. The number of nitrogens with one attached hydrogen (secondary N) is 2. The van der Waals surface area contributed by atoms with Crippen molar-refractivity contribution in [2.45, 2.75) is 12.8 Å². The number of anilines is 1. The van der Waals surface area contributed by atoms with Crippen LogP contribution in [0.2, 0.25) is 0 Å². The van der Waals surface area contributed by atoms with Crippen molar-refractivity contribution in [1.29, 1.82) is 0 Å². The third-order valence-electron chi connectivity index (χ3n) is 2.79. The highest BCUT2D eigenvalue weighted by Gasteiger charge is 2.28. The Bertz CT molecular complexity index is 458. The van der Waals surface area contributed by atoms with E-state index in [1.54, 1.807) is 18.2 Å². The number of nitro benzene ring substituents is 1. The van der Waals surface area contributed by atoms with Gasteiger partial charge in [-0.25, -0.2) is 0 Å². The summed E-state index contributed by atoms with van der Waals surface area (Å²) in [6.07, 6.45) is 1.95. The zero-order valence-corrected chi connectivity index (χ0v) is 9.89. The predicted octanol–water partition coefficient (Wildman–Crippen LogP) is 1.53. The van der Waals surface area contributed by atoms with Crippen molar-refractivity contribution >= 4 is 17.3 Å². The molecule has 1 aliphatic rings. The molecule has 96 valence electrons. The van der Waals surface area contributed by atoms with Gasteiger partial charge in [-0.1, -0.05) is 12.1 Å². The fourth-order valence-electron chi connectivity index (χ4n) is 1.66. The van der Waals surface area contributed by atoms with E-state index in [1.165, 1.54) is 6.07 Å².